The molecule has 2 unspecified atom stereocenters. The number of carboxylic acids is 1. The minimum absolute atomic E-state index is 0.00764. The summed E-state index contributed by atoms with van der Waals surface area (Å²) < 4.78 is 27.2. The van der Waals surface area contributed by atoms with Gasteiger partial charge in [0.2, 0.25) is 10.0 Å². The SMILES string of the molecule is CC1CC(C)CN(S(=O)(=O)c2cccc(C(=O)NCCC(=O)O)c2)C1. The van der Waals surface area contributed by atoms with Crippen molar-refractivity contribution in [1.29, 1.82) is 0 Å². The number of aliphatic carboxylic acids is 1. The van der Waals surface area contributed by atoms with Crippen LogP contribution >= 0.6 is 0 Å². The predicted octanol–water partition coefficient (Wildman–Crippen LogP) is 1.56. The molecule has 2 rings (SSSR count). The van der Waals surface area contributed by atoms with Crippen LogP contribution in [0, 0.1) is 11.8 Å². The number of sulfonamides is 1. The van der Waals surface area contributed by atoms with Gasteiger partial charge in [-0.3, -0.25) is 9.59 Å². The molecule has 8 heteroatoms. The van der Waals surface area contributed by atoms with Gasteiger partial charge >= 0.3 is 5.97 Å². The van der Waals surface area contributed by atoms with Crippen LogP contribution in [0.25, 0.3) is 0 Å². The number of rotatable bonds is 6. The number of nitrogens with one attached hydrogen (secondary N) is 1. The van der Waals surface area contributed by atoms with Crippen LogP contribution in [0.2, 0.25) is 0 Å². The Morgan fingerprint density at radius 1 is 1.24 bits per heavy atom. The van der Waals surface area contributed by atoms with Gasteiger partial charge in [0.15, 0.2) is 0 Å². The van der Waals surface area contributed by atoms with Gasteiger partial charge in [0.25, 0.3) is 5.91 Å². The minimum atomic E-state index is -3.66. The van der Waals surface area contributed by atoms with E-state index in [9.17, 15) is 18.0 Å². The van der Waals surface area contributed by atoms with E-state index < -0.39 is 21.9 Å². The van der Waals surface area contributed by atoms with Crippen molar-refractivity contribution >= 4 is 21.9 Å². The third-order valence-corrected chi connectivity index (χ3v) is 6.02. The highest BCUT2D eigenvalue weighted by atomic mass is 32.2. The van der Waals surface area contributed by atoms with Gasteiger partial charge in [-0.25, -0.2) is 8.42 Å². The number of carbonyl (C=O) groups excluding carboxylic acids is 1. The molecule has 1 heterocycles. The summed E-state index contributed by atoms with van der Waals surface area (Å²) in [6, 6.07) is 5.86. The van der Waals surface area contributed by atoms with E-state index in [-0.39, 0.29) is 23.4 Å². The van der Waals surface area contributed by atoms with E-state index in [1.54, 1.807) is 0 Å². The maximum atomic E-state index is 12.9. The van der Waals surface area contributed by atoms with Crippen molar-refractivity contribution in [3.63, 3.8) is 0 Å². The molecule has 1 aliphatic rings. The molecule has 0 aliphatic carbocycles. The quantitative estimate of drug-likeness (QED) is 0.793. The van der Waals surface area contributed by atoms with Crippen LogP contribution in [0.15, 0.2) is 29.2 Å². The largest absolute Gasteiger partial charge is 0.481 e. The van der Waals surface area contributed by atoms with Crippen LogP contribution < -0.4 is 5.32 Å². The molecule has 1 amide bonds. The van der Waals surface area contributed by atoms with Crippen LogP contribution in [0.1, 0.15) is 37.0 Å². The predicted molar refractivity (Wildman–Crippen MR) is 92.7 cm³/mol. The standard InChI is InChI=1S/C17H24N2O5S/c1-12-8-13(2)11-19(10-12)25(23,24)15-5-3-4-14(9-15)17(22)18-7-6-16(20)21/h3-5,9,12-13H,6-8,10-11H2,1-2H3,(H,18,22)(H,20,21). The summed E-state index contributed by atoms with van der Waals surface area (Å²) in [5, 5.41) is 11.1. The van der Waals surface area contributed by atoms with E-state index in [1.165, 1.54) is 28.6 Å². The zero-order chi connectivity index (χ0) is 18.6. The highest BCUT2D eigenvalue weighted by molar-refractivity contribution is 7.89. The highest BCUT2D eigenvalue weighted by Gasteiger charge is 2.31. The molecule has 0 saturated carbocycles. The van der Waals surface area contributed by atoms with Crippen molar-refractivity contribution in [1.82, 2.24) is 9.62 Å². The number of hydrogen-bond acceptors (Lipinski definition) is 4. The van der Waals surface area contributed by atoms with Crippen molar-refractivity contribution in [3.05, 3.63) is 29.8 Å². The number of hydrogen-bond donors (Lipinski definition) is 2. The van der Waals surface area contributed by atoms with Gasteiger partial charge in [-0.1, -0.05) is 19.9 Å². The first kappa shape index (κ1) is 19.4. The number of carboxylic acid groups (broad SMARTS) is 1. The number of nitrogens with zero attached hydrogens (tertiary/aromatic N) is 1. The molecule has 1 aliphatic heterocycles. The summed E-state index contributed by atoms with van der Waals surface area (Å²) >= 11 is 0. The van der Waals surface area contributed by atoms with Gasteiger partial charge < -0.3 is 10.4 Å². The average molecular weight is 368 g/mol. The topological polar surface area (TPSA) is 104 Å². The lowest BCUT2D eigenvalue weighted by atomic mass is 9.94. The Kier molecular flexibility index (Phi) is 6.18. The summed E-state index contributed by atoms with van der Waals surface area (Å²) in [5.74, 6) is -0.911. The Labute approximate surface area is 148 Å². The first-order valence-corrected chi connectivity index (χ1v) is 9.74. The number of amides is 1. The van der Waals surface area contributed by atoms with Gasteiger partial charge in [-0.2, -0.15) is 4.31 Å². The second-order valence-corrected chi connectivity index (χ2v) is 8.63. The molecule has 0 radical (unpaired) electrons. The second-order valence-electron chi connectivity index (χ2n) is 6.70. The minimum Gasteiger partial charge on any atom is -0.481 e. The molecule has 25 heavy (non-hydrogen) atoms. The summed E-state index contributed by atoms with van der Waals surface area (Å²) in [6.45, 7) is 5.00. The Hall–Kier alpha value is -1.93. The van der Waals surface area contributed by atoms with Crippen molar-refractivity contribution in [2.45, 2.75) is 31.6 Å². The lowest BCUT2D eigenvalue weighted by molar-refractivity contribution is -0.136. The van der Waals surface area contributed by atoms with Crippen LogP contribution in [0.4, 0.5) is 0 Å². The summed E-state index contributed by atoms with van der Waals surface area (Å²) in [4.78, 5) is 22.7. The fourth-order valence-corrected chi connectivity index (χ4v) is 4.86. The fraction of sp³-hybridized carbons (Fsp3) is 0.529. The Morgan fingerprint density at radius 2 is 1.88 bits per heavy atom. The highest BCUT2D eigenvalue weighted by Crippen LogP contribution is 2.26. The van der Waals surface area contributed by atoms with Gasteiger partial charge in [0.1, 0.15) is 0 Å². The van der Waals surface area contributed by atoms with Crippen LogP contribution in [-0.2, 0) is 14.8 Å². The summed E-state index contributed by atoms with van der Waals surface area (Å²) in [7, 11) is -3.66. The van der Waals surface area contributed by atoms with E-state index in [2.05, 4.69) is 5.32 Å². The molecule has 0 bridgehead atoms. The van der Waals surface area contributed by atoms with E-state index in [4.69, 9.17) is 5.11 Å². The lowest BCUT2D eigenvalue weighted by Gasteiger charge is -2.34. The van der Waals surface area contributed by atoms with Crippen molar-refractivity contribution in [3.8, 4) is 0 Å². The van der Waals surface area contributed by atoms with Gasteiger partial charge in [-0.05, 0) is 36.5 Å². The number of piperidine rings is 1. The summed E-state index contributed by atoms with van der Waals surface area (Å²) in [6.07, 6.45) is 0.811. The number of carbonyl (C=O) groups is 2. The van der Waals surface area contributed by atoms with Crippen molar-refractivity contribution in [2.24, 2.45) is 11.8 Å². The van der Waals surface area contributed by atoms with Crippen molar-refractivity contribution < 1.29 is 23.1 Å². The van der Waals surface area contributed by atoms with Gasteiger partial charge in [0.05, 0.1) is 11.3 Å². The normalized spacial score (nSPS) is 21.7. The molecule has 138 valence electrons. The first-order valence-electron chi connectivity index (χ1n) is 8.30. The zero-order valence-electron chi connectivity index (χ0n) is 14.4. The van der Waals surface area contributed by atoms with Gasteiger partial charge in [-0.15, -0.1) is 0 Å². The third-order valence-electron chi connectivity index (χ3n) is 4.19. The zero-order valence-corrected chi connectivity index (χ0v) is 15.3. The molecule has 1 aromatic carbocycles. The molecule has 0 aromatic heterocycles. The van der Waals surface area contributed by atoms with Crippen molar-refractivity contribution in [2.75, 3.05) is 19.6 Å². The molecular weight excluding hydrogens is 344 g/mol. The Balaban J connectivity index is 2.16. The van der Waals surface area contributed by atoms with E-state index in [0.717, 1.165) is 6.42 Å². The smallest absolute Gasteiger partial charge is 0.305 e. The molecular formula is C17H24N2O5S. The summed E-state index contributed by atoms with van der Waals surface area (Å²) in [5.41, 5.74) is 0.199. The number of benzene rings is 1. The second kappa shape index (κ2) is 7.97. The van der Waals surface area contributed by atoms with Crippen LogP contribution in [0.3, 0.4) is 0 Å². The van der Waals surface area contributed by atoms with E-state index in [1.807, 2.05) is 13.8 Å². The molecule has 1 aromatic rings. The lowest BCUT2D eigenvalue weighted by Crippen LogP contribution is -2.42. The Bertz CT molecular complexity index is 737. The van der Waals surface area contributed by atoms with Gasteiger partial charge in [0, 0.05) is 25.2 Å². The molecule has 0 spiro atoms. The molecule has 2 N–H and O–H groups in total. The monoisotopic (exact) mass is 368 g/mol. The van der Waals surface area contributed by atoms with Crippen LogP contribution in [-0.4, -0.2) is 49.3 Å². The molecule has 7 nitrogen and oxygen atoms in total. The Morgan fingerprint density at radius 3 is 2.48 bits per heavy atom. The third kappa shape index (κ3) is 5.02. The van der Waals surface area contributed by atoms with E-state index >= 15 is 0 Å². The molecule has 1 fully saturated rings. The molecule has 2 atom stereocenters. The molecule has 1 saturated heterocycles. The van der Waals surface area contributed by atoms with E-state index in [0.29, 0.717) is 24.9 Å². The maximum absolute atomic E-state index is 12.9. The maximum Gasteiger partial charge on any atom is 0.305 e. The fourth-order valence-electron chi connectivity index (χ4n) is 3.13. The van der Waals surface area contributed by atoms with Crippen LogP contribution in [0.5, 0.6) is 0 Å². The first-order chi connectivity index (χ1) is 11.7. The average Bonchev–Trinajstić information content (AvgIpc) is 2.53.